The summed E-state index contributed by atoms with van der Waals surface area (Å²) in [6, 6.07) is 0. The standard InChI is InChI=1S/C13H22N2OS/c1-5-13(3,10-14-6-7-16-4)8-12-9-15-11(2)17-12/h5,9,14H,1,6-8,10H2,2-4H3. The van der Waals surface area contributed by atoms with Gasteiger partial charge in [0.15, 0.2) is 0 Å². The van der Waals surface area contributed by atoms with E-state index in [4.69, 9.17) is 4.74 Å². The first-order valence-electron chi connectivity index (χ1n) is 5.84. The molecule has 0 saturated carbocycles. The van der Waals surface area contributed by atoms with E-state index in [1.165, 1.54) is 4.88 Å². The second-order valence-corrected chi connectivity index (χ2v) is 5.87. The fourth-order valence-corrected chi connectivity index (χ4v) is 2.63. The zero-order valence-corrected chi connectivity index (χ0v) is 11.8. The number of ether oxygens (including phenoxy) is 1. The van der Waals surface area contributed by atoms with Crippen LogP contribution in [0.2, 0.25) is 0 Å². The van der Waals surface area contributed by atoms with Gasteiger partial charge >= 0.3 is 0 Å². The normalized spacial score (nSPS) is 14.5. The van der Waals surface area contributed by atoms with Gasteiger partial charge in [-0.2, -0.15) is 0 Å². The fraction of sp³-hybridized carbons (Fsp3) is 0.615. The van der Waals surface area contributed by atoms with Crippen LogP contribution in [-0.4, -0.2) is 31.8 Å². The Morgan fingerprint density at radius 2 is 2.41 bits per heavy atom. The molecule has 1 aromatic rings. The number of nitrogens with one attached hydrogen (secondary N) is 1. The topological polar surface area (TPSA) is 34.1 Å². The van der Waals surface area contributed by atoms with Gasteiger partial charge in [0.25, 0.3) is 0 Å². The van der Waals surface area contributed by atoms with Crippen molar-refractivity contribution < 1.29 is 4.74 Å². The average molecular weight is 254 g/mol. The van der Waals surface area contributed by atoms with Crippen LogP contribution in [0.15, 0.2) is 18.9 Å². The van der Waals surface area contributed by atoms with Crippen molar-refractivity contribution in [2.45, 2.75) is 20.3 Å². The summed E-state index contributed by atoms with van der Waals surface area (Å²) in [6.45, 7) is 10.7. The van der Waals surface area contributed by atoms with Gasteiger partial charge in [0.1, 0.15) is 0 Å². The quantitative estimate of drug-likeness (QED) is 0.571. The van der Waals surface area contributed by atoms with Gasteiger partial charge in [0.2, 0.25) is 0 Å². The van der Waals surface area contributed by atoms with Gasteiger partial charge in [0, 0.05) is 36.7 Å². The van der Waals surface area contributed by atoms with Crippen molar-refractivity contribution in [2.75, 3.05) is 26.8 Å². The predicted octanol–water partition coefficient (Wildman–Crippen LogP) is 2.42. The molecule has 1 unspecified atom stereocenters. The molecule has 0 aliphatic heterocycles. The summed E-state index contributed by atoms with van der Waals surface area (Å²) in [7, 11) is 1.72. The third-order valence-corrected chi connectivity index (χ3v) is 3.66. The van der Waals surface area contributed by atoms with E-state index in [0.29, 0.717) is 0 Å². The smallest absolute Gasteiger partial charge is 0.0896 e. The Bertz CT molecular complexity index is 351. The first kappa shape index (κ1) is 14.4. The molecule has 0 fully saturated rings. The summed E-state index contributed by atoms with van der Waals surface area (Å²) in [5.41, 5.74) is 0.0761. The van der Waals surface area contributed by atoms with Crippen molar-refractivity contribution in [3.63, 3.8) is 0 Å². The maximum absolute atomic E-state index is 5.02. The Balaban J connectivity index is 2.47. The van der Waals surface area contributed by atoms with E-state index in [1.807, 2.05) is 19.2 Å². The molecule has 0 radical (unpaired) electrons. The van der Waals surface area contributed by atoms with E-state index >= 15 is 0 Å². The van der Waals surface area contributed by atoms with Crippen molar-refractivity contribution in [2.24, 2.45) is 5.41 Å². The van der Waals surface area contributed by atoms with Gasteiger partial charge < -0.3 is 10.1 Å². The molecule has 1 N–H and O–H groups in total. The van der Waals surface area contributed by atoms with E-state index in [0.717, 1.165) is 31.1 Å². The summed E-state index contributed by atoms with van der Waals surface area (Å²) in [4.78, 5) is 5.61. The van der Waals surface area contributed by atoms with Gasteiger partial charge in [0.05, 0.1) is 11.6 Å². The van der Waals surface area contributed by atoms with Crippen LogP contribution in [0.4, 0.5) is 0 Å². The van der Waals surface area contributed by atoms with Crippen LogP contribution in [0, 0.1) is 12.3 Å². The summed E-state index contributed by atoms with van der Waals surface area (Å²) >= 11 is 1.76. The van der Waals surface area contributed by atoms with Crippen LogP contribution in [-0.2, 0) is 11.2 Å². The lowest BCUT2D eigenvalue weighted by Gasteiger charge is -2.25. The Morgan fingerprint density at radius 1 is 1.65 bits per heavy atom. The van der Waals surface area contributed by atoms with Crippen LogP contribution in [0.25, 0.3) is 0 Å². The molecule has 1 aromatic heterocycles. The molecule has 0 aliphatic rings. The van der Waals surface area contributed by atoms with E-state index in [1.54, 1.807) is 18.4 Å². The molecule has 1 atom stereocenters. The maximum Gasteiger partial charge on any atom is 0.0896 e. The molecule has 96 valence electrons. The fourth-order valence-electron chi connectivity index (χ4n) is 1.64. The van der Waals surface area contributed by atoms with Crippen molar-refractivity contribution in [1.82, 2.24) is 10.3 Å². The number of hydrogen-bond acceptors (Lipinski definition) is 4. The highest BCUT2D eigenvalue weighted by atomic mass is 32.1. The van der Waals surface area contributed by atoms with Gasteiger partial charge in [-0.15, -0.1) is 17.9 Å². The first-order valence-corrected chi connectivity index (χ1v) is 6.66. The summed E-state index contributed by atoms with van der Waals surface area (Å²) in [5.74, 6) is 0. The Labute approximate surface area is 108 Å². The second-order valence-electron chi connectivity index (χ2n) is 4.55. The molecule has 3 nitrogen and oxygen atoms in total. The van der Waals surface area contributed by atoms with Crippen LogP contribution in [0.5, 0.6) is 0 Å². The minimum absolute atomic E-state index is 0.0761. The summed E-state index contributed by atoms with van der Waals surface area (Å²) in [5, 5.41) is 4.52. The zero-order chi connectivity index (χ0) is 12.7. The maximum atomic E-state index is 5.02. The second kappa shape index (κ2) is 6.89. The lowest BCUT2D eigenvalue weighted by molar-refractivity contribution is 0.196. The highest BCUT2D eigenvalue weighted by Gasteiger charge is 2.21. The number of hydrogen-bond donors (Lipinski definition) is 1. The molecule has 0 bridgehead atoms. The highest BCUT2D eigenvalue weighted by Crippen LogP contribution is 2.26. The number of nitrogens with zero attached hydrogens (tertiary/aromatic N) is 1. The van der Waals surface area contributed by atoms with Crippen molar-refractivity contribution in [1.29, 1.82) is 0 Å². The van der Waals surface area contributed by atoms with Crippen LogP contribution in [0.1, 0.15) is 16.8 Å². The molecule has 1 rings (SSSR count). The third kappa shape index (κ3) is 4.98. The Kier molecular flexibility index (Phi) is 5.82. The monoisotopic (exact) mass is 254 g/mol. The summed E-state index contributed by atoms with van der Waals surface area (Å²) < 4.78 is 5.02. The number of thiazole rings is 1. The van der Waals surface area contributed by atoms with Crippen molar-refractivity contribution in [3.05, 3.63) is 28.7 Å². The minimum atomic E-state index is 0.0761. The number of rotatable bonds is 8. The summed E-state index contributed by atoms with van der Waals surface area (Å²) in [6.07, 6.45) is 4.99. The lowest BCUT2D eigenvalue weighted by atomic mass is 9.86. The number of methoxy groups -OCH3 is 1. The molecular formula is C13H22N2OS. The van der Waals surface area contributed by atoms with Gasteiger partial charge in [-0.1, -0.05) is 13.0 Å². The molecule has 17 heavy (non-hydrogen) atoms. The number of aromatic nitrogens is 1. The van der Waals surface area contributed by atoms with Gasteiger partial charge in [-0.25, -0.2) is 4.98 Å². The molecule has 0 aromatic carbocycles. The molecular weight excluding hydrogens is 232 g/mol. The van der Waals surface area contributed by atoms with Crippen LogP contribution < -0.4 is 5.32 Å². The van der Waals surface area contributed by atoms with Crippen LogP contribution >= 0.6 is 11.3 Å². The molecule has 0 amide bonds. The molecule has 0 saturated heterocycles. The van der Waals surface area contributed by atoms with Crippen LogP contribution in [0.3, 0.4) is 0 Å². The third-order valence-electron chi connectivity index (χ3n) is 2.75. The zero-order valence-electron chi connectivity index (χ0n) is 11.0. The van der Waals surface area contributed by atoms with Crippen molar-refractivity contribution >= 4 is 11.3 Å². The molecule has 0 aliphatic carbocycles. The average Bonchev–Trinajstić information content (AvgIpc) is 2.70. The molecule has 4 heteroatoms. The predicted molar refractivity (Wildman–Crippen MR) is 73.6 cm³/mol. The van der Waals surface area contributed by atoms with E-state index in [9.17, 15) is 0 Å². The SMILES string of the molecule is C=CC(C)(CNCCOC)Cc1cnc(C)s1. The van der Waals surface area contributed by atoms with E-state index in [-0.39, 0.29) is 5.41 Å². The Morgan fingerprint density at radius 3 is 2.94 bits per heavy atom. The minimum Gasteiger partial charge on any atom is -0.383 e. The number of aryl methyl sites for hydroxylation is 1. The largest absolute Gasteiger partial charge is 0.383 e. The lowest BCUT2D eigenvalue weighted by Crippen LogP contribution is -2.33. The van der Waals surface area contributed by atoms with E-state index < -0.39 is 0 Å². The first-order chi connectivity index (χ1) is 8.09. The molecule has 1 heterocycles. The van der Waals surface area contributed by atoms with Crippen molar-refractivity contribution in [3.8, 4) is 0 Å². The highest BCUT2D eigenvalue weighted by molar-refractivity contribution is 7.11. The molecule has 0 spiro atoms. The Hall–Kier alpha value is -0.710. The van der Waals surface area contributed by atoms with Gasteiger partial charge in [-0.05, 0) is 13.3 Å². The van der Waals surface area contributed by atoms with Gasteiger partial charge in [-0.3, -0.25) is 0 Å². The van der Waals surface area contributed by atoms with E-state index in [2.05, 4.69) is 23.8 Å².